The second-order valence-corrected chi connectivity index (χ2v) is 4.99. The number of hydrogen-bond donors (Lipinski definition) is 2. The Kier molecular flexibility index (Phi) is 6.08. The van der Waals surface area contributed by atoms with Crippen LogP contribution in [0.25, 0.3) is 0 Å². The van der Waals surface area contributed by atoms with Crippen LogP contribution in [0.5, 0.6) is 11.5 Å². The molecule has 1 atom stereocenters. The molecule has 0 saturated carbocycles. The van der Waals surface area contributed by atoms with Crippen LogP contribution in [0.15, 0.2) is 48.5 Å². The summed E-state index contributed by atoms with van der Waals surface area (Å²) in [6.45, 7) is -2.63. The minimum absolute atomic E-state index is 0.0502. The molecular formula is C17H18F2N2O3. The molecule has 0 fully saturated rings. The molecule has 1 unspecified atom stereocenters. The molecule has 2 rings (SSSR count). The maximum absolute atomic E-state index is 12.3. The van der Waals surface area contributed by atoms with Gasteiger partial charge in [0.15, 0.2) is 11.5 Å². The number of nitrogens with one attached hydrogen (secondary N) is 1. The molecule has 0 radical (unpaired) electrons. The Morgan fingerprint density at radius 2 is 1.88 bits per heavy atom. The van der Waals surface area contributed by atoms with Crippen LogP contribution in [-0.2, 0) is 11.3 Å². The van der Waals surface area contributed by atoms with Gasteiger partial charge in [0.05, 0.1) is 7.11 Å². The maximum Gasteiger partial charge on any atom is 0.387 e. The summed E-state index contributed by atoms with van der Waals surface area (Å²) in [5.41, 5.74) is 6.92. The minimum Gasteiger partial charge on any atom is -0.493 e. The largest absolute Gasteiger partial charge is 0.493 e. The first-order valence-corrected chi connectivity index (χ1v) is 7.20. The Morgan fingerprint density at radius 1 is 1.17 bits per heavy atom. The van der Waals surface area contributed by atoms with E-state index < -0.39 is 18.6 Å². The number of carbonyl (C=O) groups is 1. The fourth-order valence-corrected chi connectivity index (χ4v) is 2.26. The van der Waals surface area contributed by atoms with Gasteiger partial charge in [0, 0.05) is 6.54 Å². The zero-order valence-corrected chi connectivity index (χ0v) is 13.0. The fourth-order valence-electron chi connectivity index (χ4n) is 2.26. The number of methoxy groups -OCH3 is 1. The number of alkyl halides is 2. The highest BCUT2D eigenvalue weighted by Crippen LogP contribution is 2.29. The number of nitrogens with two attached hydrogens (primary N) is 1. The summed E-state index contributed by atoms with van der Waals surface area (Å²) in [6, 6.07) is 13.0. The van der Waals surface area contributed by atoms with Crippen molar-refractivity contribution in [2.24, 2.45) is 5.73 Å². The molecule has 0 heterocycles. The van der Waals surface area contributed by atoms with Crippen molar-refractivity contribution in [3.05, 3.63) is 59.7 Å². The molecular weight excluding hydrogens is 318 g/mol. The average molecular weight is 336 g/mol. The van der Waals surface area contributed by atoms with Crippen molar-refractivity contribution in [3.8, 4) is 11.5 Å². The van der Waals surface area contributed by atoms with Crippen LogP contribution in [0.4, 0.5) is 8.78 Å². The van der Waals surface area contributed by atoms with Crippen LogP contribution >= 0.6 is 0 Å². The summed E-state index contributed by atoms with van der Waals surface area (Å²) in [7, 11) is 1.36. The second kappa shape index (κ2) is 8.26. The molecule has 2 aromatic rings. The number of amides is 1. The monoisotopic (exact) mass is 336 g/mol. The third kappa shape index (κ3) is 4.66. The lowest BCUT2D eigenvalue weighted by atomic mass is 10.1. The lowest BCUT2D eigenvalue weighted by Crippen LogP contribution is -2.33. The van der Waals surface area contributed by atoms with E-state index in [1.54, 1.807) is 24.3 Å². The van der Waals surface area contributed by atoms with E-state index in [0.29, 0.717) is 6.54 Å². The maximum atomic E-state index is 12.3. The van der Waals surface area contributed by atoms with Crippen LogP contribution in [-0.4, -0.2) is 19.6 Å². The summed E-state index contributed by atoms with van der Waals surface area (Å²) in [5.74, 6) is -0.374. The first-order valence-electron chi connectivity index (χ1n) is 7.20. The molecule has 2 aromatic carbocycles. The standard InChI is InChI=1S/C17H18F2N2O3/c1-23-14-9-11(7-8-13(14)24-17(18)19)10-21-15(16(20)22)12-5-3-2-4-6-12/h2-9,15,17,21H,10H2,1H3,(H2,20,22). The predicted molar refractivity (Wildman–Crippen MR) is 84.8 cm³/mol. The van der Waals surface area contributed by atoms with Gasteiger partial charge in [0.25, 0.3) is 0 Å². The summed E-state index contributed by atoms with van der Waals surface area (Å²) < 4.78 is 34.1. The van der Waals surface area contributed by atoms with Crippen molar-refractivity contribution < 1.29 is 23.0 Å². The lowest BCUT2D eigenvalue weighted by Gasteiger charge is -2.17. The van der Waals surface area contributed by atoms with Crippen LogP contribution in [0.3, 0.4) is 0 Å². The number of hydrogen-bond acceptors (Lipinski definition) is 4. The smallest absolute Gasteiger partial charge is 0.387 e. The van der Waals surface area contributed by atoms with E-state index in [1.807, 2.05) is 18.2 Å². The summed E-state index contributed by atoms with van der Waals surface area (Å²) >= 11 is 0. The van der Waals surface area contributed by atoms with E-state index in [4.69, 9.17) is 10.5 Å². The average Bonchev–Trinajstić information content (AvgIpc) is 2.56. The first-order chi connectivity index (χ1) is 11.5. The molecule has 3 N–H and O–H groups in total. The highest BCUT2D eigenvalue weighted by molar-refractivity contribution is 5.81. The van der Waals surface area contributed by atoms with Crippen molar-refractivity contribution in [1.29, 1.82) is 0 Å². The van der Waals surface area contributed by atoms with E-state index in [-0.39, 0.29) is 11.5 Å². The van der Waals surface area contributed by atoms with E-state index in [1.165, 1.54) is 13.2 Å². The SMILES string of the molecule is COc1cc(CNC(C(N)=O)c2ccccc2)ccc1OC(F)F. The fraction of sp³-hybridized carbons (Fsp3) is 0.235. The van der Waals surface area contributed by atoms with Crippen molar-refractivity contribution in [2.45, 2.75) is 19.2 Å². The molecule has 1 amide bonds. The Bertz CT molecular complexity index is 681. The van der Waals surface area contributed by atoms with Gasteiger partial charge in [-0.2, -0.15) is 8.78 Å². The number of carbonyl (C=O) groups excluding carboxylic acids is 1. The zero-order chi connectivity index (χ0) is 17.5. The number of rotatable bonds is 8. The number of ether oxygens (including phenoxy) is 2. The molecule has 0 aliphatic carbocycles. The van der Waals surface area contributed by atoms with Gasteiger partial charge in [-0.15, -0.1) is 0 Å². The van der Waals surface area contributed by atoms with Gasteiger partial charge < -0.3 is 15.2 Å². The van der Waals surface area contributed by atoms with Crippen molar-refractivity contribution in [2.75, 3.05) is 7.11 Å². The summed E-state index contributed by atoms with van der Waals surface area (Å²) in [6.07, 6.45) is 0. The molecule has 0 aromatic heterocycles. The van der Waals surface area contributed by atoms with Crippen molar-refractivity contribution in [1.82, 2.24) is 5.32 Å². The molecule has 128 valence electrons. The van der Waals surface area contributed by atoms with Crippen LogP contribution in [0.2, 0.25) is 0 Å². The van der Waals surface area contributed by atoms with Crippen LogP contribution < -0.4 is 20.5 Å². The molecule has 24 heavy (non-hydrogen) atoms. The second-order valence-electron chi connectivity index (χ2n) is 4.99. The van der Waals surface area contributed by atoms with Gasteiger partial charge in [-0.1, -0.05) is 36.4 Å². The number of benzene rings is 2. The van der Waals surface area contributed by atoms with Gasteiger partial charge in [0.2, 0.25) is 5.91 Å². The number of halogens is 2. The van der Waals surface area contributed by atoms with Gasteiger partial charge in [-0.25, -0.2) is 0 Å². The van der Waals surface area contributed by atoms with Crippen molar-refractivity contribution in [3.63, 3.8) is 0 Å². The van der Waals surface area contributed by atoms with Crippen LogP contribution in [0, 0.1) is 0 Å². The van der Waals surface area contributed by atoms with Crippen LogP contribution in [0.1, 0.15) is 17.2 Å². The predicted octanol–water partition coefficient (Wildman–Crippen LogP) is 2.61. The van der Waals surface area contributed by atoms with E-state index in [9.17, 15) is 13.6 Å². The quantitative estimate of drug-likeness (QED) is 0.777. The Hall–Kier alpha value is -2.67. The summed E-state index contributed by atoms with van der Waals surface area (Å²) in [4.78, 5) is 11.7. The molecule has 0 bridgehead atoms. The van der Waals surface area contributed by atoms with E-state index in [0.717, 1.165) is 11.1 Å². The third-order valence-electron chi connectivity index (χ3n) is 3.37. The first kappa shape index (κ1) is 17.7. The van der Waals surface area contributed by atoms with Gasteiger partial charge >= 0.3 is 6.61 Å². The van der Waals surface area contributed by atoms with E-state index >= 15 is 0 Å². The lowest BCUT2D eigenvalue weighted by molar-refractivity contribution is -0.120. The molecule has 0 aliphatic heterocycles. The molecule has 5 nitrogen and oxygen atoms in total. The Morgan fingerprint density at radius 3 is 2.46 bits per heavy atom. The summed E-state index contributed by atoms with van der Waals surface area (Å²) in [5, 5.41) is 3.04. The highest BCUT2D eigenvalue weighted by Gasteiger charge is 2.17. The molecule has 0 spiro atoms. The number of primary amides is 1. The van der Waals surface area contributed by atoms with Crippen molar-refractivity contribution >= 4 is 5.91 Å². The normalized spacial score (nSPS) is 12.0. The minimum atomic E-state index is -2.93. The molecule has 0 saturated heterocycles. The van der Waals surface area contributed by atoms with E-state index in [2.05, 4.69) is 10.1 Å². The third-order valence-corrected chi connectivity index (χ3v) is 3.37. The molecule has 0 aliphatic rings. The molecule has 7 heteroatoms. The van der Waals surface area contributed by atoms with Gasteiger partial charge in [-0.05, 0) is 23.3 Å². The topological polar surface area (TPSA) is 73.6 Å². The highest BCUT2D eigenvalue weighted by atomic mass is 19.3. The Labute approximate surface area is 138 Å². The van der Waals surface area contributed by atoms with Gasteiger partial charge in [0.1, 0.15) is 6.04 Å². The Balaban J connectivity index is 2.11. The van der Waals surface area contributed by atoms with Gasteiger partial charge in [-0.3, -0.25) is 10.1 Å². The zero-order valence-electron chi connectivity index (χ0n) is 13.0.